The van der Waals surface area contributed by atoms with Gasteiger partial charge in [0.15, 0.2) is 11.9 Å². The van der Waals surface area contributed by atoms with E-state index < -0.39 is 18.0 Å². The van der Waals surface area contributed by atoms with Crippen molar-refractivity contribution in [1.82, 2.24) is 20.1 Å². The molecule has 1 fully saturated rings. The van der Waals surface area contributed by atoms with Gasteiger partial charge in [-0.25, -0.2) is 4.98 Å². The average molecular weight is 725 g/mol. The topological polar surface area (TPSA) is 126 Å². The van der Waals surface area contributed by atoms with Gasteiger partial charge in [0.2, 0.25) is 5.91 Å². The third-order valence-corrected chi connectivity index (χ3v) is 11.5. The highest BCUT2D eigenvalue weighted by Gasteiger charge is 2.37. The smallest absolute Gasteiger partial charge is 0.303 e. The summed E-state index contributed by atoms with van der Waals surface area (Å²) in [6.07, 6.45) is 4.44. The number of esters is 1. The van der Waals surface area contributed by atoms with Gasteiger partial charge >= 0.3 is 5.97 Å². The molecule has 0 radical (unpaired) electrons. The van der Waals surface area contributed by atoms with E-state index in [1.165, 1.54) is 18.3 Å². The van der Waals surface area contributed by atoms with Crippen molar-refractivity contribution in [3.05, 3.63) is 52.0 Å². The summed E-state index contributed by atoms with van der Waals surface area (Å²) in [5.41, 5.74) is 1.25. The number of nitrogens with one attached hydrogen (secondary N) is 1. The quantitative estimate of drug-likeness (QED) is 0.159. The number of benzene rings is 1. The van der Waals surface area contributed by atoms with Crippen LogP contribution in [0.2, 0.25) is 0 Å². The molecule has 2 aromatic rings. The molecule has 0 unspecified atom stereocenters. The van der Waals surface area contributed by atoms with Crippen LogP contribution < -0.4 is 5.32 Å². The molecule has 51 heavy (non-hydrogen) atoms. The maximum atomic E-state index is 14.2. The second-order valence-electron chi connectivity index (χ2n) is 14.9. The zero-order valence-corrected chi connectivity index (χ0v) is 33.0. The lowest BCUT2D eigenvalue weighted by Crippen LogP contribution is -2.48. The Labute approximate surface area is 309 Å². The lowest BCUT2D eigenvalue weighted by atomic mass is 9.83. The van der Waals surface area contributed by atoms with Crippen LogP contribution in [0, 0.1) is 23.7 Å². The molecule has 1 aliphatic heterocycles. The Balaban J connectivity index is 1.81. The monoisotopic (exact) mass is 724 g/mol. The highest BCUT2D eigenvalue weighted by Crippen LogP contribution is 2.33. The van der Waals surface area contributed by atoms with Crippen molar-refractivity contribution in [2.24, 2.45) is 23.7 Å². The van der Waals surface area contributed by atoms with Crippen LogP contribution in [0.4, 0.5) is 0 Å². The number of amides is 2. The number of Topliss-reactive ketones (excluding diaryl/α,β-unsaturated/α-hetero) is 2. The molecule has 2 amide bonds. The van der Waals surface area contributed by atoms with Gasteiger partial charge in [-0.3, -0.25) is 28.9 Å². The van der Waals surface area contributed by atoms with E-state index >= 15 is 0 Å². The molecule has 1 aromatic carbocycles. The van der Waals surface area contributed by atoms with Crippen molar-refractivity contribution in [2.75, 3.05) is 20.6 Å². The van der Waals surface area contributed by atoms with E-state index in [4.69, 9.17) is 4.74 Å². The first-order valence-electron chi connectivity index (χ1n) is 18.6. The van der Waals surface area contributed by atoms with Crippen LogP contribution in [0.3, 0.4) is 0 Å². The van der Waals surface area contributed by atoms with Crippen molar-refractivity contribution >= 4 is 40.7 Å². The van der Waals surface area contributed by atoms with Gasteiger partial charge in [0, 0.05) is 56.1 Å². The molecular formula is C40H60N4O6S. The Morgan fingerprint density at radius 3 is 2.31 bits per heavy atom. The van der Waals surface area contributed by atoms with E-state index in [1.807, 2.05) is 72.0 Å². The zero-order valence-electron chi connectivity index (χ0n) is 32.1. The van der Waals surface area contributed by atoms with Gasteiger partial charge in [-0.1, -0.05) is 77.8 Å². The van der Waals surface area contributed by atoms with Gasteiger partial charge in [0.25, 0.3) is 5.91 Å². The van der Waals surface area contributed by atoms with Crippen LogP contribution in [-0.4, -0.2) is 82.9 Å². The number of hydrogen-bond donors (Lipinski definition) is 1. The minimum atomic E-state index is -0.783. The van der Waals surface area contributed by atoms with Crippen LogP contribution >= 0.6 is 11.3 Å². The number of hydrogen-bond acceptors (Lipinski definition) is 9. The molecule has 0 aliphatic carbocycles. The van der Waals surface area contributed by atoms with Crippen molar-refractivity contribution in [3.63, 3.8) is 0 Å². The highest BCUT2D eigenvalue weighted by atomic mass is 32.1. The number of piperidine rings is 1. The van der Waals surface area contributed by atoms with Crippen molar-refractivity contribution in [3.8, 4) is 0 Å². The molecular weight excluding hydrogens is 665 g/mol. The number of carbonyl (C=O) groups excluding carboxylic acids is 5. The molecule has 2 heterocycles. The van der Waals surface area contributed by atoms with Gasteiger partial charge in [-0.05, 0) is 63.6 Å². The van der Waals surface area contributed by atoms with E-state index in [0.29, 0.717) is 17.8 Å². The van der Waals surface area contributed by atoms with E-state index in [0.717, 1.165) is 37.8 Å². The Morgan fingerprint density at radius 1 is 1.04 bits per heavy atom. The zero-order chi connectivity index (χ0) is 37.8. The molecule has 282 valence electrons. The second kappa shape index (κ2) is 20.0. The third-order valence-electron chi connectivity index (χ3n) is 10.6. The molecule has 0 bridgehead atoms. The first-order valence-corrected chi connectivity index (χ1v) is 19.5. The SMILES string of the molecule is CC[C@H](C)[C@H](CC(=O)[C@H]1CCCCN1C)C(=O)N(C)[C@H](C[C@@H](OC(C)=O)c1nc(C(=O)N[C@@H](Cc2ccccc2)C[C@H](C)C(C)=O)cs1)C(C)C. The lowest BCUT2D eigenvalue weighted by Gasteiger charge is -2.37. The van der Waals surface area contributed by atoms with Crippen molar-refractivity contribution in [2.45, 2.75) is 124 Å². The number of likely N-dealkylation sites (N-methyl/N-ethyl adjacent to an activating group) is 1. The molecule has 7 atom stereocenters. The number of nitrogens with zero attached hydrogens (tertiary/aromatic N) is 3. The summed E-state index contributed by atoms with van der Waals surface area (Å²) in [6, 6.07) is 9.04. The molecule has 1 aliphatic rings. The fraction of sp³-hybridized carbons (Fsp3) is 0.650. The minimum Gasteiger partial charge on any atom is -0.455 e. The summed E-state index contributed by atoms with van der Waals surface area (Å²) in [5.74, 6) is -1.42. The molecule has 0 spiro atoms. The minimum absolute atomic E-state index is 0.000452. The summed E-state index contributed by atoms with van der Waals surface area (Å²) >= 11 is 1.23. The Morgan fingerprint density at radius 2 is 1.73 bits per heavy atom. The number of ketones is 2. The maximum absolute atomic E-state index is 14.2. The molecule has 1 aromatic heterocycles. The normalized spacial score (nSPS) is 18.6. The Bertz CT molecular complexity index is 1460. The molecule has 1 N–H and O–H groups in total. The third kappa shape index (κ3) is 12.3. The van der Waals surface area contributed by atoms with Gasteiger partial charge in [-0.15, -0.1) is 11.3 Å². The van der Waals surface area contributed by atoms with Crippen LogP contribution in [0.5, 0.6) is 0 Å². The summed E-state index contributed by atoms with van der Waals surface area (Å²) in [4.78, 5) is 74.2. The lowest BCUT2D eigenvalue weighted by molar-refractivity contribution is -0.149. The standard InChI is InChI=1S/C40H60N4O6S/c1-10-26(4)32(22-36(47)34-18-14-15-19-43(34)8)40(49)44(9)35(25(2)3)23-37(50-29(7)46)39-42-33(24-51-39)38(48)41-31(20-27(5)28(6)45)21-30-16-12-11-13-17-30/h11-13,16-17,24-27,31-32,34-35,37H,10,14-15,18-23H2,1-9H3,(H,41,48)/t26-,27-,31+,32-,34+,35+,37+/m0/s1. The summed E-state index contributed by atoms with van der Waals surface area (Å²) < 4.78 is 5.81. The summed E-state index contributed by atoms with van der Waals surface area (Å²) in [6.45, 7) is 13.8. The number of ether oxygens (including phenoxy) is 1. The number of carbonyl (C=O) groups is 5. The van der Waals surface area contributed by atoms with Gasteiger partial charge in [0.1, 0.15) is 16.5 Å². The van der Waals surface area contributed by atoms with Gasteiger partial charge in [-0.2, -0.15) is 0 Å². The van der Waals surface area contributed by atoms with Gasteiger partial charge < -0.3 is 15.0 Å². The molecule has 10 nitrogen and oxygen atoms in total. The van der Waals surface area contributed by atoms with E-state index in [2.05, 4.69) is 15.2 Å². The second-order valence-corrected chi connectivity index (χ2v) is 15.8. The Kier molecular flexibility index (Phi) is 16.4. The Hall–Kier alpha value is -3.44. The van der Waals surface area contributed by atoms with Crippen LogP contribution in [0.15, 0.2) is 35.7 Å². The number of aromatic nitrogens is 1. The van der Waals surface area contributed by atoms with E-state index in [1.54, 1.807) is 24.3 Å². The number of thiazole rings is 1. The van der Waals surface area contributed by atoms with Crippen LogP contribution in [0.1, 0.15) is 121 Å². The van der Waals surface area contributed by atoms with Crippen LogP contribution in [0.25, 0.3) is 0 Å². The molecule has 11 heteroatoms. The van der Waals surface area contributed by atoms with Crippen molar-refractivity contribution in [1.29, 1.82) is 0 Å². The molecule has 1 saturated heterocycles. The largest absolute Gasteiger partial charge is 0.455 e. The maximum Gasteiger partial charge on any atom is 0.303 e. The first kappa shape index (κ1) is 42.0. The number of likely N-dealkylation sites (tertiary alicyclic amines) is 1. The summed E-state index contributed by atoms with van der Waals surface area (Å²) in [7, 11) is 3.77. The fourth-order valence-corrected chi connectivity index (χ4v) is 7.90. The first-order chi connectivity index (χ1) is 24.1. The predicted octanol–water partition coefficient (Wildman–Crippen LogP) is 6.68. The van der Waals surface area contributed by atoms with E-state index in [-0.39, 0.29) is 77.8 Å². The molecule has 0 saturated carbocycles. The van der Waals surface area contributed by atoms with Crippen LogP contribution in [-0.2, 0) is 30.3 Å². The average Bonchev–Trinajstić information content (AvgIpc) is 3.59. The number of rotatable bonds is 19. The highest BCUT2D eigenvalue weighted by molar-refractivity contribution is 7.09. The van der Waals surface area contributed by atoms with Gasteiger partial charge in [0.05, 0.1) is 6.04 Å². The van der Waals surface area contributed by atoms with Crippen molar-refractivity contribution < 1.29 is 28.7 Å². The van der Waals surface area contributed by atoms with E-state index in [9.17, 15) is 24.0 Å². The fourth-order valence-electron chi connectivity index (χ4n) is 7.06. The molecule has 3 rings (SSSR count). The summed E-state index contributed by atoms with van der Waals surface area (Å²) in [5, 5.41) is 5.20. The predicted molar refractivity (Wildman–Crippen MR) is 201 cm³/mol.